The number of amides is 1. The average molecular weight is 298 g/mol. The van der Waals surface area contributed by atoms with E-state index in [0.717, 1.165) is 6.42 Å². The quantitative estimate of drug-likeness (QED) is 0.870. The van der Waals surface area contributed by atoms with Crippen LogP contribution in [-0.4, -0.2) is 27.0 Å². The van der Waals surface area contributed by atoms with Crippen molar-refractivity contribution < 1.29 is 17.9 Å². The fourth-order valence-corrected chi connectivity index (χ4v) is 2.79. The number of anilines is 1. The number of primary sulfonamides is 1. The lowest BCUT2D eigenvalue weighted by Gasteiger charge is -2.16. The van der Waals surface area contributed by atoms with Crippen LogP contribution in [0.3, 0.4) is 0 Å². The minimum absolute atomic E-state index is 0.0264. The van der Waals surface area contributed by atoms with Gasteiger partial charge in [-0.3, -0.25) is 4.79 Å². The molecule has 3 N–H and O–H groups in total. The summed E-state index contributed by atoms with van der Waals surface area (Å²) in [5.41, 5.74) is 1.20. The van der Waals surface area contributed by atoms with Crippen molar-refractivity contribution in [3.63, 3.8) is 0 Å². The largest absolute Gasteiger partial charge is 0.368 e. The van der Waals surface area contributed by atoms with Gasteiger partial charge in [0.15, 0.2) is 0 Å². The Kier molecular flexibility index (Phi) is 4.12. The monoisotopic (exact) mass is 298 g/mol. The van der Waals surface area contributed by atoms with Crippen LogP contribution < -0.4 is 10.5 Å². The molecule has 0 aromatic heterocycles. The third kappa shape index (κ3) is 3.17. The molecule has 1 aromatic rings. The summed E-state index contributed by atoms with van der Waals surface area (Å²) in [5.74, 6) is -0.0274. The Balaban J connectivity index is 2.16. The third-order valence-corrected chi connectivity index (χ3v) is 4.34. The van der Waals surface area contributed by atoms with Gasteiger partial charge in [0.2, 0.25) is 10.0 Å². The van der Waals surface area contributed by atoms with Crippen molar-refractivity contribution in [2.45, 2.75) is 31.3 Å². The molecule has 6 nitrogen and oxygen atoms in total. The molecule has 1 fully saturated rings. The minimum Gasteiger partial charge on any atom is -0.368 e. The lowest BCUT2D eigenvalue weighted by atomic mass is 10.0. The number of rotatable bonds is 3. The number of hydrogen-bond acceptors (Lipinski definition) is 4. The summed E-state index contributed by atoms with van der Waals surface area (Å²) >= 11 is 0. The molecule has 0 saturated carbocycles. The van der Waals surface area contributed by atoms with Crippen molar-refractivity contribution >= 4 is 21.6 Å². The van der Waals surface area contributed by atoms with Gasteiger partial charge < -0.3 is 10.1 Å². The van der Waals surface area contributed by atoms with Crippen LogP contribution in [0.1, 0.15) is 18.9 Å². The highest BCUT2D eigenvalue weighted by Gasteiger charge is 2.31. The van der Waals surface area contributed by atoms with Gasteiger partial charge in [-0.05, 0) is 43.0 Å². The van der Waals surface area contributed by atoms with E-state index in [4.69, 9.17) is 9.88 Å². The summed E-state index contributed by atoms with van der Waals surface area (Å²) in [5, 5.41) is 7.82. The molecule has 1 aliphatic rings. The number of aryl methyl sites for hydroxylation is 1. The van der Waals surface area contributed by atoms with E-state index in [1.54, 1.807) is 6.92 Å². The molecule has 1 aliphatic heterocycles. The lowest BCUT2D eigenvalue weighted by Crippen LogP contribution is -2.31. The van der Waals surface area contributed by atoms with Gasteiger partial charge in [-0.2, -0.15) is 0 Å². The van der Waals surface area contributed by atoms with E-state index in [9.17, 15) is 13.2 Å². The second-order valence-corrected chi connectivity index (χ2v) is 6.63. The standard InChI is InChI=1S/C13H18N2O4S/c1-8-5-6-19-12(8)13(16)15-11-4-3-10(7-9(11)2)20(14,17)18/h3-4,7-8,12H,5-6H2,1-2H3,(H,15,16)(H2,14,17,18). The summed E-state index contributed by atoms with van der Waals surface area (Å²) in [6.45, 7) is 4.26. The molecule has 0 aliphatic carbocycles. The number of carbonyl (C=O) groups excluding carboxylic acids is 1. The smallest absolute Gasteiger partial charge is 0.253 e. The Labute approximate surface area is 118 Å². The highest BCUT2D eigenvalue weighted by molar-refractivity contribution is 7.89. The van der Waals surface area contributed by atoms with Crippen LogP contribution in [0.2, 0.25) is 0 Å². The van der Waals surface area contributed by atoms with Crippen molar-refractivity contribution in [3.8, 4) is 0 Å². The predicted octanol–water partition coefficient (Wildman–Crippen LogP) is 1.01. The molecule has 2 unspecified atom stereocenters. The molecule has 110 valence electrons. The first kappa shape index (κ1) is 15.0. The molecule has 7 heteroatoms. The van der Waals surface area contributed by atoms with Gasteiger partial charge in [-0.25, -0.2) is 13.6 Å². The normalized spacial score (nSPS) is 22.8. The average Bonchev–Trinajstić information content (AvgIpc) is 2.76. The van der Waals surface area contributed by atoms with E-state index in [1.807, 2.05) is 6.92 Å². The van der Waals surface area contributed by atoms with Gasteiger partial charge >= 0.3 is 0 Å². The van der Waals surface area contributed by atoms with Gasteiger partial charge in [0.25, 0.3) is 5.91 Å². The second kappa shape index (κ2) is 5.51. The SMILES string of the molecule is Cc1cc(S(N)(=O)=O)ccc1NC(=O)C1OCCC1C. The molecular formula is C13H18N2O4S. The Morgan fingerprint density at radius 2 is 2.15 bits per heavy atom. The molecule has 0 bridgehead atoms. The lowest BCUT2D eigenvalue weighted by molar-refractivity contribution is -0.126. The number of hydrogen-bond donors (Lipinski definition) is 2. The number of nitrogens with one attached hydrogen (secondary N) is 1. The molecule has 1 amide bonds. The highest BCUT2D eigenvalue weighted by Crippen LogP contribution is 2.23. The van der Waals surface area contributed by atoms with Crippen LogP contribution in [0.25, 0.3) is 0 Å². The highest BCUT2D eigenvalue weighted by atomic mass is 32.2. The van der Waals surface area contributed by atoms with Gasteiger partial charge in [-0.1, -0.05) is 6.92 Å². The predicted molar refractivity (Wildman–Crippen MR) is 74.7 cm³/mol. The molecule has 0 spiro atoms. The van der Waals surface area contributed by atoms with E-state index in [0.29, 0.717) is 17.9 Å². The molecule has 0 radical (unpaired) electrons. The molecular weight excluding hydrogens is 280 g/mol. The first-order chi connectivity index (χ1) is 9.29. The summed E-state index contributed by atoms with van der Waals surface area (Å²) in [6, 6.07) is 4.34. The van der Waals surface area contributed by atoms with Gasteiger partial charge in [0.05, 0.1) is 4.90 Å². The number of ether oxygens (including phenoxy) is 1. The van der Waals surface area contributed by atoms with Crippen LogP contribution in [0.4, 0.5) is 5.69 Å². The zero-order chi connectivity index (χ0) is 14.9. The maximum Gasteiger partial charge on any atom is 0.253 e. The number of sulfonamides is 1. The maximum absolute atomic E-state index is 12.1. The molecule has 1 saturated heterocycles. The topological polar surface area (TPSA) is 98.5 Å². The first-order valence-corrected chi connectivity index (χ1v) is 7.89. The number of benzene rings is 1. The van der Waals surface area contributed by atoms with Crippen molar-refractivity contribution in [2.24, 2.45) is 11.1 Å². The third-order valence-electron chi connectivity index (χ3n) is 3.43. The number of nitrogens with two attached hydrogens (primary N) is 1. The molecule has 20 heavy (non-hydrogen) atoms. The van der Waals surface area contributed by atoms with E-state index in [1.165, 1.54) is 18.2 Å². The molecule has 2 atom stereocenters. The molecule has 1 aromatic carbocycles. The fraction of sp³-hybridized carbons (Fsp3) is 0.462. The van der Waals surface area contributed by atoms with Crippen molar-refractivity contribution in [1.82, 2.24) is 0 Å². The van der Waals surface area contributed by atoms with Gasteiger partial charge in [-0.15, -0.1) is 0 Å². The zero-order valence-corrected chi connectivity index (χ0v) is 12.2. The fourth-order valence-electron chi connectivity index (χ4n) is 2.19. The maximum atomic E-state index is 12.1. The van der Waals surface area contributed by atoms with E-state index in [-0.39, 0.29) is 16.7 Å². The minimum atomic E-state index is -3.73. The summed E-state index contributed by atoms with van der Waals surface area (Å²) in [4.78, 5) is 12.1. The van der Waals surface area contributed by atoms with Crippen molar-refractivity contribution in [1.29, 1.82) is 0 Å². The van der Waals surface area contributed by atoms with Crippen LogP contribution in [0, 0.1) is 12.8 Å². The van der Waals surface area contributed by atoms with E-state index in [2.05, 4.69) is 5.32 Å². The van der Waals surface area contributed by atoms with Crippen LogP contribution in [-0.2, 0) is 19.6 Å². The van der Waals surface area contributed by atoms with Crippen molar-refractivity contribution in [2.75, 3.05) is 11.9 Å². The Bertz CT molecular complexity index is 627. The van der Waals surface area contributed by atoms with E-state index < -0.39 is 16.1 Å². The summed E-state index contributed by atoms with van der Waals surface area (Å²) < 4.78 is 27.9. The summed E-state index contributed by atoms with van der Waals surface area (Å²) in [7, 11) is -3.73. The van der Waals surface area contributed by atoms with Crippen LogP contribution >= 0.6 is 0 Å². The van der Waals surface area contributed by atoms with Gasteiger partial charge in [0.1, 0.15) is 6.10 Å². The first-order valence-electron chi connectivity index (χ1n) is 6.35. The van der Waals surface area contributed by atoms with Crippen LogP contribution in [0.15, 0.2) is 23.1 Å². The Morgan fingerprint density at radius 1 is 1.45 bits per heavy atom. The zero-order valence-electron chi connectivity index (χ0n) is 11.4. The summed E-state index contributed by atoms with van der Waals surface area (Å²) in [6.07, 6.45) is 0.411. The van der Waals surface area contributed by atoms with E-state index >= 15 is 0 Å². The van der Waals surface area contributed by atoms with Gasteiger partial charge in [0, 0.05) is 12.3 Å². The second-order valence-electron chi connectivity index (χ2n) is 5.07. The number of carbonyl (C=O) groups is 1. The van der Waals surface area contributed by atoms with Crippen molar-refractivity contribution in [3.05, 3.63) is 23.8 Å². The van der Waals surface area contributed by atoms with Crippen LogP contribution in [0.5, 0.6) is 0 Å². The molecule has 2 rings (SSSR count). The Morgan fingerprint density at radius 3 is 2.65 bits per heavy atom. The molecule has 1 heterocycles. The Hall–Kier alpha value is -1.44.